The van der Waals surface area contributed by atoms with E-state index >= 15 is 0 Å². The molecule has 2 N–H and O–H groups in total. The molecule has 1 atom stereocenters. The van der Waals surface area contributed by atoms with Gasteiger partial charge in [0.2, 0.25) is 5.91 Å². The standard InChI is InChI=1S/C14H15N3O2/c1-14(13(16)19)5-6-17(9-14)12(18)11-4-2-3-10(7-11)8-15/h2-4,7H,5-6,9H2,1H3,(H2,16,19). The van der Waals surface area contributed by atoms with E-state index < -0.39 is 5.41 Å². The zero-order chi connectivity index (χ0) is 14.0. The van der Waals surface area contributed by atoms with E-state index in [1.54, 1.807) is 36.1 Å². The first kappa shape index (κ1) is 13.1. The lowest BCUT2D eigenvalue weighted by Crippen LogP contribution is -2.38. The van der Waals surface area contributed by atoms with Crippen LogP contribution in [0.5, 0.6) is 0 Å². The number of hydrogen-bond donors (Lipinski definition) is 1. The zero-order valence-corrected chi connectivity index (χ0v) is 10.7. The predicted molar refractivity (Wildman–Crippen MR) is 69.0 cm³/mol. The Bertz CT molecular complexity index is 576. The van der Waals surface area contributed by atoms with Crippen LogP contribution in [0.3, 0.4) is 0 Å². The number of benzene rings is 1. The topological polar surface area (TPSA) is 87.2 Å². The van der Waals surface area contributed by atoms with E-state index in [1.165, 1.54) is 0 Å². The SMILES string of the molecule is CC1(C(N)=O)CCN(C(=O)c2cccc(C#N)c2)C1. The van der Waals surface area contributed by atoms with E-state index in [1.807, 2.05) is 6.07 Å². The summed E-state index contributed by atoms with van der Waals surface area (Å²) in [6.07, 6.45) is 0.575. The lowest BCUT2D eigenvalue weighted by atomic mass is 9.89. The highest BCUT2D eigenvalue weighted by Gasteiger charge is 2.40. The second-order valence-corrected chi connectivity index (χ2v) is 5.09. The smallest absolute Gasteiger partial charge is 0.253 e. The molecule has 2 amide bonds. The van der Waals surface area contributed by atoms with Gasteiger partial charge >= 0.3 is 0 Å². The maximum Gasteiger partial charge on any atom is 0.253 e. The minimum Gasteiger partial charge on any atom is -0.369 e. The lowest BCUT2D eigenvalue weighted by Gasteiger charge is -2.21. The van der Waals surface area contributed by atoms with Gasteiger partial charge in [0.05, 0.1) is 17.0 Å². The van der Waals surface area contributed by atoms with Crippen molar-refractivity contribution in [3.63, 3.8) is 0 Å². The molecular weight excluding hydrogens is 242 g/mol. The molecule has 1 unspecified atom stereocenters. The highest BCUT2D eigenvalue weighted by atomic mass is 16.2. The molecular formula is C14H15N3O2. The second kappa shape index (κ2) is 4.73. The van der Waals surface area contributed by atoms with Gasteiger partial charge < -0.3 is 10.6 Å². The molecule has 1 aliphatic heterocycles. The highest BCUT2D eigenvalue weighted by Crippen LogP contribution is 2.30. The molecule has 1 aromatic carbocycles. The van der Waals surface area contributed by atoms with Crippen LogP contribution in [0.1, 0.15) is 29.3 Å². The molecule has 0 aromatic heterocycles. The first-order chi connectivity index (χ1) is 8.96. The Balaban J connectivity index is 2.18. The number of carbonyl (C=O) groups is 2. The Labute approximate surface area is 111 Å². The van der Waals surface area contributed by atoms with E-state index in [-0.39, 0.29) is 11.8 Å². The van der Waals surface area contributed by atoms with Gasteiger partial charge in [-0.15, -0.1) is 0 Å². The average Bonchev–Trinajstić information content (AvgIpc) is 2.82. The van der Waals surface area contributed by atoms with Gasteiger partial charge in [0, 0.05) is 18.7 Å². The van der Waals surface area contributed by atoms with Gasteiger partial charge in [-0.05, 0) is 31.5 Å². The van der Waals surface area contributed by atoms with Gasteiger partial charge in [-0.25, -0.2) is 0 Å². The van der Waals surface area contributed by atoms with Gasteiger partial charge in [0.25, 0.3) is 5.91 Å². The van der Waals surface area contributed by atoms with Crippen molar-refractivity contribution in [2.45, 2.75) is 13.3 Å². The molecule has 19 heavy (non-hydrogen) atoms. The van der Waals surface area contributed by atoms with Crippen LogP contribution in [0.4, 0.5) is 0 Å². The van der Waals surface area contributed by atoms with Crippen LogP contribution in [-0.2, 0) is 4.79 Å². The first-order valence-corrected chi connectivity index (χ1v) is 6.06. The molecule has 1 saturated heterocycles. The van der Waals surface area contributed by atoms with Crippen molar-refractivity contribution in [2.24, 2.45) is 11.1 Å². The minimum absolute atomic E-state index is 0.165. The van der Waals surface area contributed by atoms with E-state index in [0.29, 0.717) is 30.6 Å². The molecule has 0 spiro atoms. The quantitative estimate of drug-likeness (QED) is 0.853. The number of nitrogens with zero attached hydrogens (tertiary/aromatic N) is 2. The van der Waals surface area contributed by atoms with Crippen LogP contribution in [0.25, 0.3) is 0 Å². The van der Waals surface area contributed by atoms with Gasteiger partial charge in [-0.3, -0.25) is 9.59 Å². The van der Waals surface area contributed by atoms with Crippen molar-refractivity contribution in [3.8, 4) is 6.07 Å². The van der Waals surface area contributed by atoms with Crippen molar-refractivity contribution in [2.75, 3.05) is 13.1 Å². The fourth-order valence-electron chi connectivity index (χ4n) is 2.24. The third kappa shape index (κ3) is 2.43. The number of rotatable bonds is 2. The van der Waals surface area contributed by atoms with Gasteiger partial charge in [-0.1, -0.05) is 6.07 Å². The van der Waals surface area contributed by atoms with Crippen LogP contribution < -0.4 is 5.73 Å². The Morgan fingerprint density at radius 1 is 1.47 bits per heavy atom. The first-order valence-electron chi connectivity index (χ1n) is 6.06. The largest absolute Gasteiger partial charge is 0.369 e. The summed E-state index contributed by atoms with van der Waals surface area (Å²) in [5.41, 5.74) is 5.62. The third-order valence-corrected chi connectivity index (χ3v) is 3.59. The number of hydrogen-bond acceptors (Lipinski definition) is 3. The summed E-state index contributed by atoms with van der Waals surface area (Å²) >= 11 is 0. The van der Waals surface area contributed by atoms with Crippen molar-refractivity contribution >= 4 is 11.8 Å². The summed E-state index contributed by atoms with van der Waals surface area (Å²) < 4.78 is 0. The Kier molecular flexibility index (Phi) is 3.26. The Hall–Kier alpha value is -2.35. The molecule has 0 saturated carbocycles. The van der Waals surface area contributed by atoms with Crippen molar-refractivity contribution in [1.82, 2.24) is 4.90 Å². The Morgan fingerprint density at radius 2 is 2.21 bits per heavy atom. The highest BCUT2D eigenvalue weighted by molar-refractivity contribution is 5.95. The summed E-state index contributed by atoms with van der Waals surface area (Å²) in [6.45, 7) is 2.61. The van der Waals surface area contributed by atoms with Crippen molar-refractivity contribution in [1.29, 1.82) is 5.26 Å². The molecule has 98 valence electrons. The van der Waals surface area contributed by atoms with E-state index in [9.17, 15) is 9.59 Å². The van der Waals surface area contributed by atoms with Gasteiger partial charge in [0.1, 0.15) is 0 Å². The predicted octanol–water partition coefficient (Wildman–Crippen LogP) is 0.896. The van der Waals surface area contributed by atoms with E-state index in [2.05, 4.69) is 0 Å². The average molecular weight is 257 g/mol. The van der Waals surface area contributed by atoms with E-state index in [0.717, 1.165) is 0 Å². The van der Waals surface area contributed by atoms with Gasteiger partial charge in [-0.2, -0.15) is 5.26 Å². The van der Waals surface area contributed by atoms with Crippen LogP contribution in [0.2, 0.25) is 0 Å². The lowest BCUT2D eigenvalue weighted by molar-refractivity contribution is -0.126. The van der Waals surface area contributed by atoms with Gasteiger partial charge in [0.15, 0.2) is 0 Å². The van der Waals surface area contributed by atoms with Crippen molar-refractivity contribution < 1.29 is 9.59 Å². The molecule has 0 radical (unpaired) electrons. The number of primary amides is 1. The van der Waals surface area contributed by atoms with E-state index in [4.69, 9.17) is 11.0 Å². The maximum absolute atomic E-state index is 12.3. The Morgan fingerprint density at radius 3 is 2.79 bits per heavy atom. The zero-order valence-electron chi connectivity index (χ0n) is 10.7. The summed E-state index contributed by atoms with van der Waals surface area (Å²) in [6, 6.07) is 8.55. The summed E-state index contributed by atoms with van der Waals surface area (Å²) in [5.74, 6) is -0.546. The number of nitrogens with two attached hydrogens (primary N) is 1. The summed E-state index contributed by atoms with van der Waals surface area (Å²) in [5, 5.41) is 8.83. The fourth-order valence-corrected chi connectivity index (χ4v) is 2.24. The molecule has 5 nitrogen and oxygen atoms in total. The van der Waals surface area contributed by atoms with Crippen LogP contribution in [-0.4, -0.2) is 29.8 Å². The normalized spacial score (nSPS) is 22.0. The fraction of sp³-hybridized carbons (Fsp3) is 0.357. The minimum atomic E-state index is -0.650. The summed E-state index contributed by atoms with van der Waals surface area (Å²) in [7, 11) is 0. The molecule has 2 rings (SSSR count). The number of amides is 2. The molecule has 1 fully saturated rings. The molecule has 0 aliphatic carbocycles. The third-order valence-electron chi connectivity index (χ3n) is 3.59. The van der Waals surface area contributed by atoms with Crippen LogP contribution in [0.15, 0.2) is 24.3 Å². The number of nitriles is 1. The monoisotopic (exact) mass is 257 g/mol. The van der Waals surface area contributed by atoms with Crippen LogP contribution >= 0.6 is 0 Å². The summed E-state index contributed by atoms with van der Waals surface area (Å²) in [4.78, 5) is 25.3. The molecule has 0 bridgehead atoms. The molecule has 5 heteroatoms. The van der Waals surface area contributed by atoms with Crippen LogP contribution in [0, 0.1) is 16.7 Å². The number of carbonyl (C=O) groups excluding carboxylic acids is 2. The second-order valence-electron chi connectivity index (χ2n) is 5.09. The molecule has 1 aliphatic rings. The van der Waals surface area contributed by atoms with Crippen molar-refractivity contribution in [3.05, 3.63) is 35.4 Å². The maximum atomic E-state index is 12.3. The molecule has 1 aromatic rings. The number of likely N-dealkylation sites (tertiary alicyclic amines) is 1. The molecule has 1 heterocycles.